The van der Waals surface area contributed by atoms with Gasteiger partial charge in [0.1, 0.15) is 22.7 Å². The van der Waals surface area contributed by atoms with Crippen LogP contribution >= 0.6 is 11.8 Å². The Morgan fingerprint density at radius 3 is 2.52 bits per heavy atom. The fourth-order valence-corrected chi connectivity index (χ4v) is 4.16. The van der Waals surface area contributed by atoms with Crippen molar-refractivity contribution in [2.24, 2.45) is 11.3 Å². The molecule has 9 heteroatoms. The minimum Gasteiger partial charge on any atom is -0.469 e. The number of amides is 2. The van der Waals surface area contributed by atoms with E-state index < -0.39 is 46.4 Å². The molecule has 1 heterocycles. The lowest BCUT2D eigenvalue weighted by Gasteiger charge is -2.27. The predicted molar refractivity (Wildman–Crippen MR) is 96.1 cm³/mol. The molecular formula is C18H20F2N2O4S. The maximum absolute atomic E-state index is 13.8. The van der Waals surface area contributed by atoms with Gasteiger partial charge in [-0.1, -0.05) is 6.07 Å². The fraction of sp³-hybridized carbons (Fsp3) is 0.500. The number of para-hydroxylation sites is 1. The number of benzene rings is 1. The van der Waals surface area contributed by atoms with E-state index in [4.69, 9.17) is 4.74 Å². The van der Waals surface area contributed by atoms with E-state index in [-0.39, 0.29) is 6.54 Å². The van der Waals surface area contributed by atoms with Gasteiger partial charge in [0.15, 0.2) is 0 Å². The predicted octanol–water partition coefficient (Wildman–Crippen LogP) is 2.05. The van der Waals surface area contributed by atoms with E-state index in [0.29, 0.717) is 30.9 Å². The molecule has 1 atom stereocenters. The number of esters is 1. The van der Waals surface area contributed by atoms with Gasteiger partial charge in [-0.25, -0.2) is 8.78 Å². The zero-order valence-corrected chi connectivity index (χ0v) is 15.6. The summed E-state index contributed by atoms with van der Waals surface area (Å²) in [4.78, 5) is 39.0. The maximum Gasteiger partial charge on any atom is 0.311 e. The molecule has 1 unspecified atom stereocenters. The summed E-state index contributed by atoms with van der Waals surface area (Å²) in [6.45, 7) is 0.571. The molecule has 2 aliphatic rings. The van der Waals surface area contributed by atoms with Crippen LogP contribution in [-0.4, -0.2) is 54.4 Å². The van der Waals surface area contributed by atoms with Gasteiger partial charge in [-0.2, -0.15) is 11.8 Å². The van der Waals surface area contributed by atoms with Gasteiger partial charge in [-0.3, -0.25) is 14.4 Å². The van der Waals surface area contributed by atoms with Crippen LogP contribution in [0, 0.1) is 23.0 Å². The topological polar surface area (TPSA) is 75.7 Å². The first-order valence-corrected chi connectivity index (χ1v) is 9.75. The number of hydrogen-bond donors (Lipinski definition) is 1. The molecule has 1 aromatic rings. The van der Waals surface area contributed by atoms with Gasteiger partial charge in [0.05, 0.1) is 13.0 Å². The summed E-state index contributed by atoms with van der Waals surface area (Å²) in [6, 6.07) is 3.26. The molecule has 27 heavy (non-hydrogen) atoms. The van der Waals surface area contributed by atoms with Crippen molar-refractivity contribution in [2.75, 3.05) is 37.0 Å². The van der Waals surface area contributed by atoms with Gasteiger partial charge in [0.25, 0.3) is 0 Å². The second-order valence-corrected chi connectivity index (χ2v) is 7.83. The van der Waals surface area contributed by atoms with Crippen molar-refractivity contribution < 1.29 is 27.9 Å². The quantitative estimate of drug-likeness (QED) is 0.621. The lowest BCUT2D eigenvalue weighted by Crippen LogP contribution is -2.46. The zero-order valence-electron chi connectivity index (χ0n) is 14.8. The zero-order chi connectivity index (χ0) is 19.6. The summed E-state index contributed by atoms with van der Waals surface area (Å²) in [5.41, 5.74) is -1.88. The Bertz CT molecular complexity index is 749. The molecule has 1 saturated carbocycles. The number of halogens is 2. The van der Waals surface area contributed by atoms with Crippen LogP contribution in [0.2, 0.25) is 0 Å². The van der Waals surface area contributed by atoms with E-state index >= 15 is 0 Å². The monoisotopic (exact) mass is 398 g/mol. The summed E-state index contributed by atoms with van der Waals surface area (Å²) in [7, 11) is 1.29. The van der Waals surface area contributed by atoms with E-state index in [0.717, 1.165) is 12.1 Å². The van der Waals surface area contributed by atoms with Crippen LogP contribution in [0.4, 0.5) is 14.5 Å². The molecule has 0 bridgehead atoms. The number of carbonyl (C=O) groups is 3. The van der Waals surface area contributed by atoms with Crippen molar-refractivity contribution >= 4 is 35.2 Å². The normalized spacial score (nSPS) is 21.1. The Hall–Kier alpha value is -2.16. The van der Waals surface area contributed by atoms with Crippen LogP contribution in [0.1, 0.15) is 12.8 Å². The number of methoxy groups -OCH3 is 1. The summed E-state index contributed by atoms with van der Waals surface area (Å²) in [5, 5.41) is 2.23. The third-order valence-electron chi connectivity index (χ3n) is 4.88. The Morgan fingerprint density at radius 1 is 1.26 bits per heavy atom. The molecule has 1 saturated heterocycles. The highest BCUT2D eigenvalue weighted by Gasteiger charge is 2.58. The average molecular weight is 398 g/mol. The third kappa shape index (κ3) is 3.92. The number of thioether (sulfide) groups is 1. The highest BCUT2D eigenvalue weighted by Crippen LogP contribution is 2.48. The number of carbonyl (C=O) groups excluding carboxylic acids is 3. The van der Waals surface area contributed by atoms with Gasteiger partial charge in [0.2, 0.25) is 11.8 Å². The minimum atomic E-state index is -1.33. The molecule has 0 spiro atoms. The Labute approximate surface area is 159 Å². The van der Waals surface area contributed by atoms with E-state index in [9.17, 15) is 23.2 Å². The Morgan fingerprint density at radius 2 is 1.93 bits per heavy atom. The third-order valence-corrected chi connectivity index (χ3v) is 5.99. The van der Waals surface area contributed by atoms with E-state index in [2.05, 4.69) is 5.32 Å². The smallest absolute Gasteiger partial charge is 0.311 e. The van der Waals surface area contributed by atoms with Crippen molar-refractivity contribution in [3.63, 3.8) is 0 Å². The minimum absolute atomic E-state index is 0.168. The highest BCUT2D eigenvalue weighted by molar-refractivity contribution is 7.99. The lowest BCUT2D eigenvalue weighted by molar-refractivity contribution is -0.147. The number of nitrogens with one attached hydrogen (secondary N) is 1. The largest absolute Gasteiger partial charge is 0.469 e. The molecule has 2 fully saturated rings. The van der Waals surface area contributed by atoms with Gasteiger partial charge >= 0.3 is 5.97 Å². The summed E-state index contributed by atoms with van der Waals surface area (Å²) < 4.78 is 32.4. The standard InChI is InChI=1S/C18H20F2N2O4S/c1-26-15(23)11-9-22(7-8-27-10-11)17(25)18(5-6-18)16(24)21-14-12(19)3-2-4-13(14)20/h2-4,11H,5-10H2,1H3,(H,21,24). The second kappa shape index (κ2) is 7.84. The summed E-state index contributed by atoms with van der Waals surface area (Å²) in [5.74, 6) is -2.61. The van der Waals surface area contributed by atoms with Crippen LogP contribution in [0.3, 0.4) is 0 Å². The number of nitrogens with zero attached hydrogens (tertiary/aromatic N) is 1. The van der Waals surface area contributed by atoms with Crippen molar-refractivity contribution in [2.45, 2.75) is 12.8 Å². The molecule has 146 valence electrons. The molecule has 1 aliphatic heterocycles. The molecule has 0 aromatic heterocycles. The van der Waals surface area contributed by atoms with Crippen LogP contribution in [-0.2, 0) is 19.1 Å². The first-order chi connectivity index (χ1) is 12.9. The molecule has 6 nitrogen and oxygen atoms in total. The van der Waals surface area contributed by atoms with Gasteiger partial charge in [0, 0.05) is 24.6 Å². The van der Waals surface area contributed by atoms with Crippen molar-refractivity contribution in [1.29, 1.82) is 0 Å². The van der Waals surface area contributed by atoms with E-state index in [1.165, 1.54) is 18.1 Å². The fourth-order valence-electron chi connectivity index (χ4n) is 3.12. The Balaban J connectivity index is 1.75. The van der Waals surface area contributed by atoms with Crippen LogP contribution in [0.15, 0.2) is 18.2 Å². The molecule has 0 radical (unpaired) electrons. The average Bonchev–Trinajstić information content (AvgIpc) is 3.48. The first-order valence-electron chi connectivity index (χ1n) is 8.59. The summed E-state index contributed by atoms with van der Waals surface area (Å²) in [6.07, 6.45) is 0.612. The van der Waals surface area contributed by atoms with Crippen LogP contribution in [0.25, 0.3) is 0 Å². The summed E-state index contributed by atoms with van der Waals surface area (Å²) >= 11 is 1.54. The SMILES string of the molecule is COC(=O)C1CSCCN(C(=O)C2(C(=O)Nc3c(F)cccc3F)CC2)C1. The highest BCUT2D eigenvalue weighted by atomic mass is 32.2. The maximum atomic E-state index is 13.8. The van der Waals surface area contributed by atoms with Gasteiger partial charge in [-0.15, -0.1) is 0 Å². The van der Waals surface area contributed by atoms with Crippen molar-refractivity contribution in [3.05, 3.63) is 29.8 Å². The first kappa shape index (κ1) is 19.6. The van der Waals surface area contributed by atoms with Crippen molar-refractivity contribution in [3.8, 4) is 0 Å². The van der Waals surface area contributed by atoms with E-state index in [1.54, 1.807) is 11.8 Å². The lowest BCUT2D eigenvalue weighted by atomic mass is 10.0. The molecule has 2 amide bonds. The molecule has 1 aromatic carbocycles. The van der Waals surface area contributed by atoms with Crippen LogP contribution < -0.4 is 5.32 Å². The number of anilines is 1. The molecule has 1 aliphatic carbocycles. The number of rotatable bonds is 4. The van der Waals surface area contributed by atoms with E-state index in [1.807, 2.05) is 0 Å². The van der Waals surface area contributed by atoms with Gasteiger partial charge < -0.3 is 15.0 Å². The molecule has 1 N–H and O–H groups in total. The Kier molecular flexibility index (Phi) is 5.69. The molecular weight excluding hydrogens is 378 g/mol. The number of hydrogen-bond acceptors (Lipinski definition) is 5. The second-order valence-electron chi connectivity index (χ2n) is 6.68. The van der Waals surface area contributed by atoms with Gasteiger partial charge in [-0.05, 0) is 25.0 Å². The molecule has 3 rings (SSSR count). The van der Waals surface area contributed by atoms with Crippen LogP contribution in [0.5, 0.6) is 0 Å². The van der Waals surface area contributed by atoms with Crippen molar-refractivity contribution in [1.82, 2.24) is 4.90 Å². The number of ether oxygens (including phenoxy) is 1.